The van der Waals surface area contributed by atoms with Gasteiger partial charge in [0, 0.05) is 0 Å². The zero-order valence-electron chi connectivity index (χ0n) is 20.2. The fourth-order valence-electron chi connectivity index (χ4n) is 3.60. The van der Waals surface area contributed by atoms with Gasteiger partial charge in [-0.3, -0.25) is 0 Å². The quantitative estimate of drug-likeness (QED) is 0.164. The van der Waals surface area contributed by atoms with Gasteiger partial charge in [0.2, 0.25) is 0 Å². The molecule has 1 unspecified atom stereocenters. The highest BCUT2D eigenvalue weighted by molar-refractivity contribution is 6.70. The van der Waals surface area contributed by atoms with Crippen LogP contribution in [0.3, 0.4) is 0 Å². The molecule has 0 bridgehead atoms. The molecule has 1 atom stereocenters. The maximum atomic E-state index is 6.56. The van der Waals surface area contributed by atoms with Gasteiger partial charge in [-0.25, -0.2) is 0 Å². The Morgan fingerprint density at radius 1 is 0.593 bits per heavy atom. The van der Waals surface area contributed by atoms with Crippen LogP contribution in [-0.4, -0.2) is 28.8 Å². The third-order valence-electron chi connectivity index (χ3n) is 4.92. The number of hydrogen-bond acceptors (Lipinski definition) is 2. The van der Waals surface area contributed by atoms with Crippen LogP contribution in [0, 0.1) is 0 Å². The molecule has 0 aromatic carbocycles. The average molecular weight is 417 g/mol. The van der Waals surface area contributed by atoms with Crippen molar-refractivity contribution in [3.8, 4) is 0 Å². The lowest BCUT2D eigenvalue weighted by Gasteiger charge is -2.38. The maximum absolute atomic E-state index is 6.56. The van der Waals surface area contributed by atoms with Gasteiger partial charge in [0.25, 0.3) is 0 Å². The number of unbranched alkanes of at least 4 members (excludes halogenated alkanes) is 11. The first-order valence-electron chi connectivity index (χ1n) is 11.8. The van der Waals surface area contributed by atoms with E-state index in [0.29, 0.717) is 0 Å². The first kappa shape index (κ1) is 27.4. The molecule has 0 aliphatic heterocycles. The van der Waals surface area contributed by atoms with Crippen molar-refractivity contribution >= 4 is 16.6 Å². The van der Waals surface area contributed by atoms with Gasteiger partial charge in [-0.15, -0.1) is 0 Å². The predicted octanol–water partition coefficient (Wildman–Crippen LogP) is 8.54. The molecule has 0 spiro atoms. The van der Waals surface area contributed by atoms with Crippen molar-refractivity contribution in [1.29, 1.82) is 0 Å². The molecule has 0 amide bonds. The highest BCUT2D eigenvalue weighted by Gasteiger charge is 2.33. The average Bonchev–Trinajstić information content (AvgIpc) is 2.52. The first-order valence-corrected chi connectivity index (χ1v) is 18.6. The van der Waals surface area contributed by atoms with Crippen LogP contribution in [0.1, 0.15) is 97.3 Å². The van der Waals surface area contributed by atoms with Crippen LogP contribution < -0.4 is 0 Å². The first-order chi connectivity index (χ1) is 12.5. The van der Waals surface area contributed by atoms with E-state index >= 15 is 0 Å². The van der Waals surface area contributed by atoms with Crippen molar-refractivity contribution < 1.29 is 8.85 Å². The van der Waals surface area contributed by atoms with Crippen LogP contribution in [-0.2, 0) is 8.85 Å². The lowest BCUT2D eigenvalue weighted by molar-refractivity contribution is 0.0161. The fraction of sp³-hybridized carbons (Fsp3) is 1.00. The summed E-state index contributed by atoms with van der Waals surface area (Å²) in [5, 5.41) is 0. The van der Waals surface area contributed by atoms with Crippen molar-refractivity contribution in [3.05, 3.63) is 0 Å². The summed E-state index contributed by atoms with van der Waals surface area (Å²) in [4.78, 5) is 0. The predicted molar refractivity (Wildman–Crippen MR) is 128 cm³/mol. The van der Waals surface area contributed by atoms with Crippen LogP contribution in [0.4, 0.5) is 0 Å². The van der Waals surface area contributed by atoms with E-state index in [9.17, 15) is 0 Å². The van der Waals surface area contributed by atoms with Gasteiger partial charge in [-0.2, -0.15) is 0 Å². The molecule has 0 heterocycles. The third kappa shape index (κ3) is 19.4. The minimum absolute atomic E-state index is 0.0940. The molecule has 164 valence electrons. The van der Waals surface area contributed by atoms with Crippen molar-refractivity contribution in [1.82, 2.24) is 0 Å². The van der Waals surface area contributed by atoms with E-state index in [-0.39, 0.29) is 5.60 Å². The summed E-state index contributed by atoms with van der Waals surface area (Å²) in [5.41, 5.74) is -0.0940. The monoisotopic (exact) mass is 416 g/mol. The van der Waals surface area contributed by atoms with Crippen LogP contribution >= 0.6 is 0 Å². The second-order valence-electron chi connectivity index (χ2n) is 10.7. The van der Waals surface area contributed by atoms with Gasteiger partial charge in [0.1, 0.15) is 0 Å². The summed E-state index contributed by atoms with van der Waals surface area (Å²) in [6.07, 6.45) is 18.0. The molecule has 0 aromatic rings. The molecular weight excluding hydrogens is 364 g/mol. The van der Waals surface area contributed by atoms with Gasteiger partial charge in [-0.1, -0.05) is 84.0 Å². The molecule has 27 heavy (non-hydrogen) atoms. The van der Waals surface area contributed by atoms with Gasteiger partial charge in [-0.05, 0) is 52.6 Å². The lowest BCUT2D eigenvalue weighted by atomic mass is 9.98. The highest BCUT2D eigenvalue weighted by atomic mass is 28.4. The topological polar surface area (TPSA) is 18.5 Å². The molecule has 2 nitrogen and oxygen atoms in total. The highest BCUT2D eigenvalue weighted by Crippen LogP contribution is 2.26. The van der Waals surface area contributed by atoms with E-state index in [1.807, 2.05) is 0 Å². The molecule has 0 rings (SSSR count). The number of hydrogen-bond donors (Lipinski definition) is 0. The van der Waals surface area contributed by atoms with E-state index in [0.717, 1.165) is 13.0 Å². The fourth-order valence-corrected chi connectivity index (χ4v) is 5.98. The van der Waals surface area contributed by atoms with Crippen LogP contribution in [0.25, 0.3) is 0 Å². The standard InChI is InChI=1S/C23H52O2Si2/c1-9-10-11-12-13-14-15-16-17-18-19-20-21-23(2,25-27(6,7)8)22-24-26(3,4)5/h9-22H2,1-8H3. The maximum Gasteiger partial charge on any atom is 0.184 e. The Balaban J connectivity index is 3.90. The molecule has 4 heteroatoms. The molecule has 0 aromatic heterocycles. The van der Waals surface area contributed by atoms with Gasteiger partial charge in [0.05, 0.1) is 12.2 Å². The van der Waals surface area contributed by atoms with Crippen LogP contribution in [0.5, 0.6) is 0 Å². The van der Waals surface area contributed by atoms with Crippen LogP contribution in [0.2, 0.25) is 39.3 Å². The Morgan fingerprint density at radius 3 is 1.37 bits per heavy atom. The Kier molecular flexibility index (Phi) is 14.5. The Morgan fingerprint density at radius 2 is 1.00 bits per heavy atom. The largest absolute Gasteiger partial charge is 0.415 e. The molecule has 0 aliphatic carbocycles. The minimum Gasteiger partial charge on any atom is -0.415 e. The third-order valence-corrected chi connectivity index (χ3v) is 7.04. The second-order valence-corrected chi connectivity index (χ2v) is 19.6. The van der Waals surface area contributed by atoms with Crippen molar-refractivity contribution in [2.45, 2.75) is 142 Å². The van der Waals surface area contributed by atoms with E-state index < -0.39 is 16.6 Å². The van der Waals surface area contributed by atoms with Crippen molar-refractivity contribution in [3.63, 3.8) is 0 Å². The molecule has 0 saturated carbocycles. The molecule has 0 radical (unpaired) electrons. The lowest BCUT2D eigenvalue weighted by Crippen LogP contribution is -2.46. The SMILES string of the molecule is CCCCCCCCCCCCCCC(C)(CO[Si](C)(C)C)O[Si](C)(C)C. The summed E-state index contributed by atoms with van der Waals surface area (Å²) in [6.45, 7) is 19.0. The number of rotatable bonds is 18. The van der Waals surface area contributed by atoms with Gasteiger partial charge < -0.3 is 8.85 Å². The molecule has 0 saturated heterocycles. The Hall–Kier alpha value is 0.354. The smallest absolute Gasteiger partial charge is 0.184 e. The second kappa shape index (κ2) is 14.4. The summed E-state index contributed by atoms with van der Waals surface area (Å²) in [6, 6.07) is 0. The summed E-state index contributed by atoms with van der Waals surface area (Å²) >= 11 is 0. The van der Waals surface area contributed by atoms with E-state index in [1.54, 1.807) is 0 Å². The van der Waals surface area contributed by atoms with Gasteiger partial charge >= 0.3 is 0 Å². The zero-order valence-corrected chi connectivity index (χ0v) is 22.2. The molecule has 0 N–H and O–H groups in total. The normalized spacial score (nSPS) is 15.1. The summed E-state index contributed by atoms with van der Waals surface area (Å²) in [7, 11) is -3.05. The van der Waals surface area contributed by atoms with E-state index in [1.165, 1.54) is 77.0 Å². The molecular formula is C23H52O2Si2. The minimum atomic E-state index is -1.56. The Bertz CT molecular complexity index is 347. The zero-order chi connectivity index (χ0) is 20.8. The van der Waals surface area contributed by atoms with Crippen molar-refractivity contribution in [2.24, 2.45) is 0 Å². The summed E-state index contributed by atoms with van der Waals surface area (Å²) in [5.74, 6) is 0. The van der Waals surface area contributed by atoms with Gasteiger partial charge in [0.15, 0.2) is 16.6 Å². The Labute approximate surface area is 174 Å². The van der Waals surface area contributed by atoms with Crippen LogP contribution in [0.15, 0.2) is 0 Å². The van der Waals surface area contributed by atoms with E-state index in [2.05, 4.69) is 53.1 Å². The molecule has 0 fully saturated rings. The van der Waals surface area contributed by atoms with Crippen molar-refractivity contribution in [2.75, 3.05) is 6.61 Å². The van der Waals surface area contributed by atoms with E-state index in [4.69, 9.17) is 8.85 Å². The molecule has 0 aliphatic rings. The summed E-state index contributed by atoms with van der Waals surface area (Å²) < 4.78 is 12.8.